The van der Waals surface area contributed by atoms with Crippen LogP contribution in [-0.2, 0) is 0 Å². The number of halogens is 3. The minimum Gasteiger partial charge on any atom is -0.416 e. The molecule has 0 saturated heterocycles. The monoisotopic (exact) mass is 306 g/mol. The number of pyridine rings is 1. The molecule has 0 amide bonds. The lowest BCUT2D eigenvalue weighted by atomic mass is 10.0. The van der Waals surface area contributed by atoms with Crippen molar-refractivity contribution < 1.29 is 13.5 Å². The average molecular weight is 307 g/mol. The first-order valence-electron chi connectivity index (χ1n) is 5.02. The number of aromatic nitrogens is 1. The van der Waals surface area contributed by atoms with E-state index in [-0.39, 0.29) is 11.9 Å². The van der Waals surface area contributed by atoms with Crippen molar-refractivity contribution in [2.75, 3.05) is 0 Å². The van der Waals surface area contributed by atoms with Gasteiger partial charge in [-0.2, -0.15) is 8.78 Å². The highest BCUT2D eigenvalue weighted by atomic mass is 79.9. The van der Waals surface area contributed by atoms with Gasteiger partial charge in [-0.05, 0) is 40.4 Å². The van der Waals surface area contributed by atoms with Gasteiger partial charge in [-0.1, -0.05) is 6.08 Å². The average Bonchev–Trinajstić information content (AvgIpc) is 2.28. The summed E-state index contributed by atoms with van der Waals surface area (Å²) in [6.45, 7) is 0.698. The molecule has 94 valence electrons. The second-order valence-electron chi connectivity index (χ2n) is 3.37. The second-order valence-corrected chi connectivity index (χ2v) is 4.16. The zero-order valence-electron chi connectivity index (χ0n) is 9.07. The summed E-state index contributed by atoms with van der Waals surface area (Å²) < 4.78 is 28.9. The summed E-state index contributed by atoms with van der Waals surface area (Å²) in [5.74, 6) is -0.147. The molecule has 0 radical (unpaired) electrons. The maximum Gasteiger partial charge on any atom is 0.388 e. The van der Waals surface area contributed by atoms with E-state index in [0.717, 1.165) is 6.42 Å². The zero-order chi connectivity index (χ0) is 12.8. The lowest BCUT2D eigenvalue weighted by molar-refractivity contribution is -0.0534. The topological polar surface area (TPSA) is 48.1 Å². The zero-order valence-corrected chi connectivity index (χ0v) is 10.7. The summed E-state index contributed by atoms with van der Waals surface area (Å²) in [5, 5.41) is 0. The smallest absolute Gasteiger partial charge is 0.388 e. The van der Waals surface area contributed by atoms with E-state index in [2.05, 4.69) is 32.2 Å². The minimum absolute atomic E-state index is 0.147. The second kappa shape index (κ2) is 6.66. The van der Waals surface area contributed by atoms with Gasteiger partial charge in [-0.15, -0.1) is 6.58 Å². The van der Waals surface area contributed by atoms with Gasteiger partial charge in [0, 0.05) is 12.2 Å². The molecule has 0 aliphatic heterocycles. The van der Waals surface area contributed by atoms with Crippen LogP contribution >= 0.6 is 15.9 Å². The Hall–Kier alpha value is -1.01. The summed E-state index contributed by atoms with van der Waals surface area (Å²) in [7, 11) is 0. The van der Waals surface area contributed by atoms with E-state index >= 15 is 0 Å². The van der Waals surface area contributed by atoms with Crippen LogP contribution in [0.3, 0.4) is 0 Å². The SMILES string of the molecule is C=CCC[C@@H](N)c1ccnc(OC(F)F)c1Br. The van der Waals surface area contributed by atoms with Crippen LogP contribution in [-0.4, -0.2) is 11.6 Å². The number of nitrogens with two attached hydrogens (primary N) is 1. The predicted octanol–water partition coefficient (Wildman–Crippen LogP) is 3.41. The van der Waals surface area contributed by atoms with Gasteiger partial charge in [-0.3, -0.25) is 0 Å². The molecule has 0 bridgehead atoms. The van der Waals surface area contributed by atoms with Gasteiger partial charge < -0.3 is 10.5 Å². The highest BCUT2D eigenvalue weighted by Crippen LogP contribution is 2.32. The Balaban J connectivity index is 2.88. The molecular weight excluding hydrogens is 294 g/mol. The van der Waals surface area contributed by atoms with Gasteiger partial charge in [0.15, 0.2) is 0 Å². The van der Waals surface area contributed by atoms with Gasteiger partial charge in [0.25, 0.3) is 0 Å². The molecule has 0 unspecified atom stereocenters. The van der Waals surface area contributed by atoms with Crippen LogP contribution < -0.4 is 10.5 Å². The minimum atomic E-state index is -2.90. The molecule has 0 aromatic carbocycles. The van der Waals surface area contributed by atoms with Crippen molar-refractivity contribution in [1.29, 1.82) is 0 Å². The number of nitrogens with zero attached hydrogens (tertiary/aromatic N) is 1. The first-order chi connectivity index (χ1) is 8.06. The van der Waals surface area contributed by atoms with Crippen LogP contribution in [0.25, 0.3) is 0 Å². The Kier molecular flexibility index (Phi) is 5.50. The Labute approximate surface area is 107 Å². The number of rotatable bonds is 6. The Morgan fingerprint density at radius 1 is 1.59 bits per heavy atom. The largest absolute Gasteiger partial charge is 0.416 e. The van der Waals surface area contributed by atoms with E-state index in [9.17, 15) is 8.78 Å². The third kappa shape index (κ3) is 4.05. The fourth-order valence-electron chi connectivity index (χ4n) is 1.34. The molecule has 2 N–H and O–H groups in total. The summed E-state index contributed by atoms with van der Waals surface area (Å²) in [5.41, 5.74) is 6.63. The summed E-state index contributed by atoms with van der Waals surface area (Å²) in [6.07, 6.45) is 4.58. The van der Waals surface area contributed by atoms with E-state index in [1.54, 1.807) is 12.1 Å². The highest BCUT2D eigenvalue weighted by molar-refractivity contribution is 9.10. The van der Waals surface area contributed by atoms with Gasteiger partial charge >= 0.3 is 6.61 Å². The van der Waals surface area contributed by atoms with E-state index in [1.165, 1.54) is 6.20 Å². The number of ether oxygens (including phenoxy) is 1. The highest BCUT2D eigenvalue weighted by Gasteiger charge is 2.16. The summed E-state index contributed by atoms with van der Waals surface area (Å²) in [6, 6.07) is 1.40. The Bertz CT molecular complexity index is 388. The van der Waals surface area contributed by atoms with E-state index in [1.807, 2.05) is 0 Å². The molecule has 3 nitrogen and oxygen atoms in total. The summed E-state index contributed by atoms with van der Waals surface area (Å²) >= 11 is 3.18. The molecule has 0 fully saturated rings. The van der Waals surface area contributed by atoms with Gasteiger partial charge in [0.2, 0.25) is 5.88 Å². The number of alkyl halides is 2. The molecule has 17 heavy (non-hydrogen) atoms. The number of allylic oxidation sites excluding steroid dienone is 1. The molecule has 6 heteroatoms. The molecule has 1 atom stereocenters. The number of hydrogen-bond acceptors (Lipinski definition) is 3. The first-order valence-corrected chi connectivity index (χ1v) is 5.81. The van der Waals surface area contributed by atoms with Crippen LogP contribution in [0.2, 0.25) is 0 Å². The maximum atomic E-state index is 12.1. The molecule has 1 heterocycles. The quantitative estimate of drug-likeness (QED) is 0.819. The van der Waals surface area contributed by atoms with Gasteiger partial charge in [-0.25, -0.2) is 4.98 Å². The summed E-state index contributed by atoms with van der Waals surface area (Å²) in [4.78, 5) is 3.72. The van der Waals surface area contributed by atoms with Crippen molar-refractivity contribution in [3.8, 4) is 5.88 Å². The van der Waals surface area contributed by atoms with Crippen LogP contribution in [0.5, 0.6) is 5.88 Å². The molecule has 1 aromatic heterocycles. The molecule has 0 aliphatic carbocycles. The van der Waals surface area contributed by atoms with Crippen molar-refractivity contribution in [1.82, 2.24) is 4.98 Å². The van der Waals surface area contributed by atoms with Crippen LogP contribution in [0.4, 0.5) is 8.78 Å². The van der Waals surface area contributed by atoms with Crippen molar-refractivity contribution in [2.24, 2.45) is 5.73 Å². The fourth-order valence-corrected chi connectivity index (χ4v) is 1.97. The lowest BCUT2D eigenvalue weighted by Crippen LogP contribution is -2.12. The maximum absolute atomic E-state index is 12.1. The molecule has 0 saturated carbocycles. The molecule has 1 aromatic rings. The molecule has 1 rings (SSSR count). The van der Waals surface area contributed by atoms with Crippen LogP contribution in [0.15, 0.2) is 29.4 Å². The first kappa shape index (κ1) is 14.1. The van der Waals surface area contributed by atoms with Gasteiger partial charge in [0.05, 0.1) is 4.47 Å². The van der Waals surface area contributed by atoms with Crippen LogP contribution in [0, 0.1) is 0 Å². The van der Waals surface area contributed by atoms with Crippen molar-refractivity contribution in [3.63, 3.8) is 0 Å². The molecule has 0 aliphatic rings. The van der Waals surface area contributed by atoms with E-state index < -0.39 is 6.61 Å². The standard InChI is InChI=1S/C11H13BrF2N2O/c1-2-3-4-8(15)7-5-6-16-10(9(7)12)17-11(13)14/h2,5-6,8,11H,1,3-4,15H2/t8-/m1/s1. The van der Waals surface area contributed by atoms with E-state index in [4.69, 9.17) is 5.73 Å². The Morgan fingerprint density at radius 3 is 2.88 bits per heavy atom. The van der Waals surface area contributed by atoms with Gasteiger partial charge in [0.1, 0.15) is 0 Å². The van der Waals surface area contributed by atoms with Crippen molar-refractivity contribution in [3.05, 3.63) is 35.0 Å². The third-order valence-corrected chi connectivity index (χ3v) is 2.97. The number of hydrogen-bond donors (Lipinski definition) is 1. The normalized spacial score (nSPS) is 12.5. The lowest BCUT2D eigenvalue weighted by Gasteiger charge is -2.14. The van der Waals surface area contributed by atoms with Crippen molar-refractivity contribution >= 4 is 15.9 Å². The Morgan fingerprint density at radius 2 is 2.29 bits per heavy atom. The molecular formula is C11H13BrF2N2O. The van der Waals surface area contributed by atoms with Crippen molar-refractivity contribution in [2.45, 2.75) is 25.5 Å². The van der Waals surface area contributed by atoms with E-state index in [0.29, 0.717) is 16.5 Å². The third-order valence-electron chi connectivity index (χ3n) is 2.17. The van der Waals surface area contributed by atoms with Crippen LogP contribution in [0.1, 0.15) is 24.4 Å². The predicted molar refractivity (Wildman–Crippen MR) is 64.9 cm³/mol. The fraction of sp³-hybridized carbons (Fsp3) is 0.364. The molecule has 0 spiro atoms.